The number of halogens is 1. The van der Waals surface area contributed by atoms with Crippen molar-refractivity contribution in [1.29, 1.82) is 0 Å². The summed E-state index contributed by atoms with van der Waals surface area (Å²) in [5, 5.41) is 2.87. The van der Waals surface area contributed by atoms with Crippen molar-refractivity contribution in [3.8, 4) is 0 Å². The van der Waals surface area contributed by atoms with Crippen LogP contribution < -0.4 is 11.1 Å². The number of carbonyl (C=O) groups is 1. The van der Waals surface area contributed by atoms with Gasteiger partial charge in [0.2, 0.25) is 5.91 Å². The van der Waals surface area contributed by atoms with E-state index in [1.807, 2.05) is 19.9 Å². The van der Waals surface area contributed by atoms with E-state index in [0.29, 0.717) is 42.6 Å². The maximum atomic E-state index is 12.7. The minimum absolute atomic E-state index is 0. The Hall–Kier alpha value is -0.670. The zero-order valence-corrected chi connectivity index (χ0v) is 17.2. The molecule has 1 unspecified atom stereocenters. The first kappa shape index (κ1) is 22.4. The Morgan fingerprint density at radius 1 is 1.44 bits per heavy atom. The molecule has 0 radical (unpaired) electrons. The van der Waals surface area contributed by atoms with Gasteiger partial charge in [0.25, 0.3) is 10.0 Å². The van der Waals surface area contributed by atoms with Gasteiger partial charge in [0.1, 0.15) is 4.21 Å². The summed E-state index contributed by atoms with van der Waals surface area (Å²) in [6.45, 7) is 5.46. The van der Waals surface area contributed by atoms with Crippen molar-refractivity contribution >= 4 is 39.7 Å². The van der Waals surface area contributed by atoms with Crippen LogP contribution in [0.3, 0.4) is 0 Å². The van der Waals surface area contributed by atoms with Gasteiger partial charge in [-0.3, -0.25) is 4.79 Å². The number of nitrogens with zero attached hydrogens (tertiary/aromatic N) is 1. The predicted molar refractivity (Wildman–Crippen MR) is 104 cm³/mol. The fourth-order valence-corrected chi connectivity index (χ4v) is 5.76. The molecule has 1 saturated heterocycles. The van der Waals surface area contributed by atoms with Crippen LogP contribution in [-0.2, 0) is 21.2 Å². The number of piperidine rings is 1. The second-order valence-corrected chi connectivity index (χ2v) is 10.0. The van der Waals surface area contributed by atoms with Gasteiger partial charge < -0.3 is 11.1 Å². The molecule has 0 saturated carbocycles. The first-order valence-electron chi connectivity index (χ1n) is 8.40. The van der Waals surface area contributed by atoms with Gasteiger partial charge in [0, 0.05) is 37.0 Å². The second-order valence-electron chi connectivity index (χ2n) is 6.68. The molecular formula is C16H28ClN3O3S2. The van der Waals surface area contributed by atoms with E-state index >= 15 is 0 Å². The van der Waals surface area contributed by atoms with Gasteiger partial charge in [-0.1, -0.05) is 13.8 Å². The van der Waals surface area contributed by atoms with Gasteiger partial charge in [-0.15, -0.1) is 23.7 Å². The maximum Gasteiger partial charge on any atom is 0.252 e. The van der Waals surface area contributed by atoms with Crippen molar-refractivity contribution in [2.24, 2.45) is 11.7 Å². The number of thiophene rings is 1. The number of nitrogens with two attached hydrogens (primary N) is 1. The number of amides is 1. The Morgan fingerprint density at radius 2 is 2.16 bits per heavy atom. The summed E-state index contributed by atoms with van der Waals surface area (Å²) in [6, 6.07) is 3.41. The molecule has 0 bridgehead atoms. The number of sulfonamides is 1. The molecule has 1 aliphatic rings. The van der Waals surface area contributed by atoms with Crippen LogP contribution in [0.5, 0.6) is 0 Å². The van der Waals surface area contributed by atoms with Crippen LogP contribution in [0.15, 0.2) is 16.3 Å². The van der Waals surface area contributed by atoms with Crippen molar-refractivity contribution in [2.75, 3.05) is 19.6 Å². The number of hydrogen-bond acceptors (Lipinski definition) is 5. The van der Waals surface area contributed by atoms with Crippen LogP contribution in [0.1, 0.15) is 38.0 Å². The van der Waals surface area contributed by atoms with E-state index in [0.717, 1.165) is 17.7 Å². The normalized spacial score (nSPS) is 18.8. The van der Waals surface area contributed by atoms with Gasteiger partial charge in [-0.2, -0.15) is 4.31 Å². The monoisotopic (exact) mass is 409 g/mol. The zero-order valence-electron chi connectivity index (χ0n) is 14.7. The largest absolute Gasteiger partial charge is 0.356 e. The third kappa shape index (κ3) is 6.53. The molecule has 2 rings (SSSR count). The van der Waals surface area contributed by atoms with E-state index in [1.165, 1.54) is 15.6 Å². The van der Waals surface area contributed by atoms with Gasteiger partial charge in [0.05, 0.1) is 0 Å². The van der Waals surface area contributed by atoms with Crippen LogP contribution in [0.2, 0.25) is 0 Å². The molecule has 9 heteroatoms. The summed E-state index contributed by atoms with van der Waals surface area (Å²) >= 11 is 1.28. The lowest BCUT2D eigenvalue weighted by molar-refractivity contribution is -0.121. The second kappa shape index (κ2) is 9.87. The average molecular weight is 410 g/mol. The smallest absolute Gasteiger partial charge is 0.252 e. The Bertz CT molecular complexity index is 661. The highest BCUT2D eigenvalue weighted by atomic mass is 35.5. The average Bonchev–Trinajstić information content (AvgIpc) is 2.96. The molecule has 0 spiro atoms. The van der Waals surface area contributed by atoms with E-state index in [9.17, 15) is 13.2 Å². The highest BCUT2D eigenvalue weighted by molar-refractivity contribution is 7.91. The lowest BCUT2D eigenvalue weighted by Gasteiger charge is -2.29. The summed E-state index contributed by atoms with van der Waals surface area (Å²) < 4.78 is 27.2. The van der Waals surface area contributed by atoms with E-state index in [-0.39, 0.29) is 24.4 Å². The minimum Gasteiger partial charge on any atom is -0.356 e. The molecule has 1 amide bonds. The van der Waals surface area contributed by atoms with Gasteiger partial charge in [-0.05, 0) is 37.3 Å². The first-order chi connectivity index (χ1) is 11.3. The molecule has 1 aliphatic heterocycles. The summed E-state index contributed by atoms with van der Waals surface area (Å²) in [7, 11) is -3.45. The van der Waals surface area contributed by atoms with E-state index in [2.05, 4.69) is 5.32 Å². The summed E-state index contributed by atoms with van der Waals surface area (Å²) in [6.07, 6.45) is 2.83. The molecule has 25 heavy (non-hydrogen) atoms. The lowest BCUT2D eigenvalue weighted by atomic mass is 10.1. The van der Waals surface area contributed by atoms with Crippen LogP contribution >= 0.6 is 23.7 Å². The van der Waals surface area contributed by atoms with Gasteiger partial charge in [0.15, 0.2) is 0 Å². The number of carbonyl (C=O) groups excluding carboxylic acids is 1. The zero-order chi connectivity index (χ0) is 17.7. The summed E-state index contributed by atoms with van der Waals surface area (Å²) in [5.74, 6) is 0.371. The van der Waals surface area contributed by atoms with E-state index < -0.39 is 10.0 Å². The number of hydrogen-bond donors (Lipinski definition) is 2. The van der Waals surface area contributed by atoms with Gasteiger partial charge >= 0.3 is 0 Å². The summed E-state index contributed by atoms with van der Waals surface area (Å²) in [4.78, 5) is 12.6. The summed E-state index contributed by atoms with van der Waals surface area (Å²) in [5.41, 5.74) is 5.89. The molecule has 144 valence electrons. The highest BCUT2D eigenvalue weighted by Gasteiger charge is 2.29. The number of rotatable bonds is 7. The molecule has 3 N–H and O–H groups in total. The third-order valence-electron chi connectivity index (χ3n) is 3.94. The van der Waals surface area contributed by atoms with Crippen molar-refractivity contribution in [3.63, 3.8) is 0 Å². The van der Waals surface area contributed by atoms with Crippen LogP contribution in [0.25, 0.3) is 0 Å². The van der Waals surface area contributed by atoms with E-state index in [1.54, 1.807) is 6.07 Å². The minimum atomic E-state index is -3.45. The molecular weight excluding hydrogens is 382 g/mol. The molecule has 6 nitrogen and oxygen atoms in total. The standard InChI is InChI=1S/C16H27N3O3S2.ClH/c1-12(2)10-15(20)18-8-7-14-5-6-16(23-14)24(21,22)19-9-3-4-13(17)11-19;/h5-6,12-13H,3-4,7-11,17H2,1-2H3,(H,18,20);1H. The van der Waals surface area contributed by atoms with Crippen LogP contribution in [0, 0.1) is 5.92 Å². The van der Waals surface area contributed by atoms with Crippen molar-refractivity contribution in [1.82, 2.24) is 9.62 Å². The highest BCUT2D eigenvalue weighted by Crippen LogP contribution is 2.27. The van der Waals surface area contributed by atoms with Crippen LogP contribution in [0.4, 0.5) is 0 Å². The predicted octanol–water partition coefficient (Wildman–Crippen LogP) is 1.99. The molecule has 0 aliphatic carbocycles. The number of nitrogens with one attached hydrogen (secondary N) is 1. The van der Waals surface area contributed by atoms with E-state index in [4.69, 9.17) is 5.73 Å². The first-order valence-corrected chi connectivity index (χ1v) is 10.7. The molecule has 1 aromatic rings. The SMILES string of the molecule is CC(C)CC(=O)NCCc1ccc(S(=O)(=O)N2CCCC(N)C2)s1.Cl. The maximum absolute atomic E-state index is 12.7. The topological polar surface area (TPSA) is 92.5 Å². The Balaban J connectivity index is 0.00000312. The molecule has 0 aromatic carbocycles. The van der Waals surface area contributed by atoms with Crippen molar-refractivity contribution < 1.29 is 13.2 Å². The Morgan fingerprint density at radius 3 is 2.80 bits per heavy atom. The quantitative estimate of drug-likeness (QED) is 0.720. The molecule has 1 fully saturated rings. The Kier molecular flexibility index (Phi) is 8.83. The fraction of sp³-hybridized carbons (Fsp3) is 0.688. The van der Waals surface area contributed by atoms with Crippen molar-refractivity contribution in [3.05, 3.63) is 17.0 Å². The lowest BCUT2D eigenvalue weighted by Crippen LogP contribution is -2.45. The fourth-order valence-electron chi connectivity index (χ4n) is 2.72. The van der Waals surface area contributed by atoms with Crippen LogP contribution in [-0.4, -0.2) is 44.3 Å². The van der Waals surface area contributed by atoms with Gasteiger partial charge in [-0.25, -0.2) is 8.42 Å². The molecule has 1 aromatic heterocycles. The van der Waals surface area contributed by atoms with Crippen molar-refractivity contribution in [2.45, 2.75) is 49.8 Å². The third-order valence-corrected chi connectivity index (χ3v) is 7.42. The molecule has 1 atom stereocenters. The Labute approximate surface area is 160 Å². The molecule has 2 heterocycles.